The van der Waals surface area contributed by atoms with Crippen molar-refractivity contribution in [3.63, 3.8) is 0 Å². The highest BCUT2D eigenvalue weighted by Crippen LogP contribution is 2.25. The zero-order valence-corrected chi connectivity index (χ0v) is 9.02. The predicted molar refractivity (Wildman–Crippen MR) is 53.6 cm³/mol. The number of carbonyl (C=O) groups excluding carboxylic acids is 1. The van der Waals surface area contributed by atoms with Crippen molar-refractivity contribution in [3.8, 4) is 0 Å². The number of hydrogen-bond donors (Lipinski definition) is 2. The summed E-state index contributed by atoms with van der Waals surface area (Å²) in [5, 5.41) is 1.88. The quantitative estimate of drug-likeness (QED) is 0.784. The summed E-state index contributed by atoms with van der Waals surface area (Å²) in [4.78, 5) is 11.2. The zero-order valence-electron chi connectivity index (χ0n) is 9.02. The van der Waals surface area contributed by atoms with Gasteiger partial charge in [-0.3, -0.25) is 4.79 Å². The standard InChI is InChI=1S/C10H17F3N2O/c11-10(12,13)6-15-9(16)5-7-2-1-3-8(14)4-7/h7-8H,1-6,14H2,(H,15,16). The lowest BCUT2D eigenvalue weighted by atomic mass is 9.84. The van der Waals surface area contributed by atoms with Crippen LogP contribution in [0.4, 0.5) is 13.2 Å². The number of hydrogen-bond acceptors (Lipinski definition) is 2. The number of alkyl halides is 3. The van der Waals surface area contributed by atoms with E-state index >= 15 is 0 Å². The lowest BCUT2D eigenvalue weighted by Crippen LogP contribution is -2.36. The van der Waals surface area contributed by atoms with Crippen LogP contribution in [0, 0.1) is 5.92 Å². The molecule has 0 aromatic rings. The highest BCUT2D eigenvalue weighted by molar-refractivity contribution is 5.76. The third kappa shape index (κ3) is 5.34. The number of carbonyl (C=O) groups is 1. The van der Waals surface area contributed by atoms with Crippen LogP contribution in [0.3, 0.4) is 0 Å². The monoisotopic (exact) mass is 238 g/mol. The van der Waals surface area contributed by atoms with Gasteiger partial charge >= 0.3 is 6.18 Å². The van der Waals surface area contributed by atoms with Crippen molar-refractivity contribution in [2.24, 2.45) is 11.7 Å². The summed E-state index contributed by atoms with van der Waals surface area (Å²) in [6.45, 7) is -1.25. The van der Waals surface area contributed by atoms with Gasteiger partial charge in [0.15, 0.2) is 0 Å². The maximum Gasteiger partial charge on any atom is 0.405 e. The molecule has 0 aliphatic heterocycles. The Morgan fingerprint density at radius 2 is 2.06 bits per heavy atom. The van der Waals surface area contributed by atoms with Gasteiger partial charge in [-0.05, 0) is 25.2 Å². The first-order valence-electron chi connectivity index (χ1n) is 5.46. The summed E-state index contributed by atoms with van der Waals surface area (Å²) >= 11 is 0. The molecule has 3 N–H and O–H groups in total. The van der Waals surface area contributed by atoms with Crippen LogP contribution < -0.4 is 11.1 Å². The molecule has 6 heteroatoms. The minimum Gasteiger partial charge on any atom is -0.347 e. The van der Waals surface area contributed by atoms with Crippen LogP contribution in [0.2, 0.25) is 0 Å². The van der Waals surface area contributed by atoms with Gasteiger partial charge in [0, 0.05) is 12.5 Å². The van der Waals surface area contributed by atoms with Gasteiger partial charge in [-0.1, -0.05) is 6.42 Å². The summed E-state index contributed by atoms with van der Waals surface area (Å²) < 4.78 is 35.5. The topological polar surface area (TPSA) is 55.1 Å². The number of halogens is 3. The normalized spacial score (nSPS) is 26.5. The number of nitrogens with one attached hydrogen (secondary N) is 1. The van der Waals surface area contributed by atoms with Crippen molar-refractivity contribution in [2.45, 2.75) is 44.3 Å². The summed E-state index contributed by atoms with van der Waals surface area (Å²) in [7, 11) is 0. The lowest BCUT2D eigenvalue weighted by Gasteiger charge is -2.26. The minimum atomic E-state index is -4.33. The molecule has 94 valence electrons. The maximum atomic E-state index is 11.8. The Balaban J connectivity index is 2.23. The maximum absolute atomic E-state index is 11.8. The second-order valence-electron chi connectivity index (χ2n) is 4.39. The highest BCUT2D eigenvalue weighted by atomic mass is 19.4. The van der Waals surface area contributed by atoms with Gasteiger partial charge in [0.05, 0.1) is 0 Å². The van der Waals surface area contributed by atoms with E-state index in [0.29, 0.717) is 0 Å². The Hall–Kier alpha value is -0.780. The second-order valence-corrected chi connectivity index (χ2v) is 4.39. The molecule has 3 nitrogen and oxygen atoms in total. The minimum absolute atomic E-state index is 0.0918. The fourth-order valence-electron chi connectivity index (χ4n) is 2.05. The molecule has 1 rings (SSSR count). The van der Waals surface area contributed by atoms with Crippen LogP contribution in [0.25, 0.3) is 0 Å². The Labute approximate surface area is 92.6 Å². The van der Waals surface area contributed by atoms with E-state index in [9.17, 15) is 18.0 Å². The molecule has 1 aliphatic rings. The van der Waals surface area contributed by atoms with E-state index in [0.717, 1.165) is 25.7 Å². The molecular formula is C10H17F3N2O. The molecule has 2 unspecified atom stereocenters. The molecule has 0 heterocycles. The Morgan fingerprint density at radius 3 is 2.62 bits per heavy atom. The molecule has 1 amide bonds. The smallest absolute Gasteiger partial charge is 0.347 e. The number of rotatable bonds is 3. The van der Waals surface area contributed by atoms with Crippen LogP contribution in [-0.4, -0.2) is 24.7 Å². The van der Waals surface area contributed by atoms with Gasteiger partial charge in [0.25, 0.3) is 0 Å². The molecule has 0 radical (unpaired) electrons. The largest absolute Gasteiger partial charge is 0.405 e. The third-order valence-electron chi connectivity index (χ3n) is 2.78. The van der Waals surface area contributed by atoms with Crippen molar-refractivity contribution in [1.82, 2.24) is 5.32 Å². The van der Waals surface area contributed by atoms with Crippen molar-refractivity contribution >= 4 is 5.91 Å². The Kier molecular flexibility index (Phi) is 4.58. The lowest BCUT2D eigenvalue weighted by molar-refractivity contribution is -0.139. The van der Waals surface area contributed by atoms with E-state index in [4.69, 9.17) is 5.73 Å². The molecule has 0 aromatic carbocycles. The van der Waals surface area contributed by atoms with E-state index in [1.165, 1.54) is 0 Å². The first kappa shape index (κ1) is 13.3. The van der Waals surface area contributed by atoms with Gasteiger partial charge in [-0.25, -0.2) is 0 Å². The van der Waals surface area contributed by atoms with Gasteiger partial charge in [0.2, 0.25) is 5.91 Å². The van der Waals surface area contributed by atoms with Crippen LogP contribution >= 0.6 is 0 Å². The number of amides is 1. The molecule has 0 bridgehead atoms. The van der Waals surface area contributed by atoms with Gasteiger partial charge < -0.3 is 11.1 Å². The van der Waals surface area contributed by atoms with Crippen LogP contribution in [0.1, 0.15) is 32.1 Å². The fourth-order valence-corrected chi connectivity index (χ4v) is 2.05. The molecule has 1 aliphatic carbocycles. The molecule has 1 fully saturated rings. The average Bonchev–Trinajstić information content (AvgIpc) is 2.14. The van der Waals surface area contributed by atoms with Crippen LogP contribution in [-0.2, 0) is 4.79 Å². The molecule has 0 aromatic heterocycles. The van der Waals surface area contributed by atoms with Crippen molar-refractivity contribution in [3.05, 3.63) is 0 Å². The van der Waals surface area contributed by atoms with Crippen LogP contribution in [0.5, 0.6) is 0 Å². The third-order valence-corrected chi connectivity index (χ3v) is 2.78. The Morgan fingerprint density at radius 1 is 1.38 bits per heavy atom. The molecule has 0 spiro atoms. The fraction of sp³-hybridized carbons (Fsp3) is 0.900. The summed E-state index contributed by atoms with van der Waals surface area (Å²) in [6, 6.07) is 0.0918. The summed E-state index contributed by atoms with van der Waals surface area (Å²) in [5.41, 5.74) is 5.73. The average molecular weight is 238 g/mol. The Bertz CT molecular complexity index is 243. The van der Waals surface area contributed by atoms with E-state index in [1.54, 1.807) is 0 Å². The molecular weight excluding hydrogens is 221 g/mol. The van der Waals surface area contributed by atoms with Crippen molar-refractivity contribution in [1.29, 1.82) is 0 Å². The highest BCUT2D eigenvalue weighted by Gasteiger charge is 2.28. The molecule has 2 atom stereocenters. The summed E-state index contributed by atoms with van der Waals surface area (Å²) in [6.07, 6.45) is -0.659. The molecule has 1 saturated carbocycles. The SMILES string of the molecule is NC1CCCC(CC(=O)NCC(F)(F)F)C1. The van der Waals surface area contributed by atoms with E-state index < -0.39 is 18.6 Å². The predicted octanol–water partition coefficient (Wildman–Crippen LogP) is 1.57. The van der Waals surface area contributed by atoms with E-state index in [1.807, 2.05) is 5.32 Å². The molecule has 0 saturated heterocycles. The van der Waals surface area contributed by atoms with Gasteiger partial charge in [0.1, 0.15) is 6.54 Å². The van der Waals surface area contributed by atoms with Gasteiger partial charge in [-0.2, -0.15) is 13.2 Å². The van der Waals surface area contributed by atoms with Crippen molar-refractivity contribution in [2.75, 3.05) is 6.54 Å². The zero-order chi connectivity index (χ0) is 12.2. The van der Waals surface area contributed by atoms with E-state index in [-0.39, 0.29) is 18.4 Å². The molecule has 16 heavy (non-hydrogen) atoms. The first-order chi connectivity index (χ1) is 7.37. The van der Waals surface area contributed by atoms with Crippen LogP contribution in [0.15, 0.2) is 0 Å². The second kappa shape index (κ2) is 5.52. The number of nitrogens with two attached hydrogens (primary N) is 1. The first-order valence-corrected chi connectivity index (χ1v) is 5.46. The summed E-state index contributed by atoms with van der Waals surface area (Å²) in [5.74, 6) is -0.395. The van der Waals surface area contributed by atoms with Crippen molar-refractivity contribution < 1.29 is 18.0 Å². The van der Waals surface area contributed by atoms with E-state index in [2.05, 4.69) is 0 Å². The van der Waals surface area contributed by atoms with Gasteiger partial charge in [-0.15, -0.1) is 0 Å².